The van der Waals surface area contributed by atoms with Crippen LogP contribution in [-0.4, -0.2) is 66.4 Å². The number of anilines is 1. The number of piperazine rings is 1. The fourth-order valence-corrected chi connectivity index (χ4v) is 6.12. The van der Waals surface area contributed by atoms with Gasteiger partial charge in [-0.2, -0.15) is 0 Å². The van der Waals surface area contributed by atoms with Crippen LogP contribution < -0.4 is 10.2 Å². The summed E-state index contributed by atoms with van der Waals surface area (Å²) in [6, 6.07) is 16.1. The molecule has 2 aromatic carbocycles. The summed E-state index contributed by atoms with van der Waals surface area (Å²) in [5.41, 5.74) is 1.54. The molecule has 11 heteroatoms. The third kappa shape index (κ3) is 5.61. The van der Waals surface area contributed by atoms with Crippen LogP contribution in [0.1, 0.15) is 19.0 Å². The average Bonchev–Trinajstić information content (AvgIpc) is 3.34. The summed E-state index contributed by atoms with van der Waals surface area (Å²) in [5.74, 6) is 0.436. The maximum atomic E-state index is 12.9. The number of sulfone groups is 1. The summed E-state index contributed by atoms with van der Waals surface area (Å²) >= 11 is 6.02. The molecule has 9 nitrogen and oxygen atoms in total. The number of hydrogen-bond donors (Lipinski definition) is 1. The quantitative estimate of drug-likeness (QED) is 0.377. The zero-order chi connectivity index (χ0) is 26.9. The molecule has 0 atom stereocenters. The molecule has 2 amide bonds. The van der Waals surface area contributed by atoms with E-state index in [1.807, 2.05) is 28.8 Å². The molecule has 1 aliphatic heterocycles. The smallest absolute Gasteiger partial charge is 0.223 e. The van der Waals surface area contributed by atoms with Gasteiger partial charge in [-0.3, -0.25) is 14.0 Å². The van der Waals surface area contributed by atoms with E-state index in [2.05, 4.69) is 15.2 Å². The second kappa shape index (κ2) is 10.6. The number of nitrogens with one attached hydrogen (secondary N) is 1. The van der Waals surface area contributed by atoms with E-state index in [4.69, 9.17) is 11.6 Å². The van der Waals surface area contributed by atoms with Crippen molar-refractivity contribution in [2.45, 2.75) is 24.8 Å². The standard InChI is InChI=1S/C27H28ClN5O4S/c1-19(34)29-17-23-18-33-25(30-23)3-2-4-26(33)31-10-12-32(13-11-31)27(35)9-14-38(36,37)24-8-6-20-15-22(28)7-5-21(20)16-24/h2-8,15-16,18H,9-14,17H2,1H3,(H,29,34). The monoisotopic (exact) mass is 553 g/mol. The molecular formula is C27H28ClN5O4S. The van der Waals surface area contributed by atoms with Gasteiger partial charge in [0.15, 0.2) is 9.84 Å². The van der Waals surface area contributed by atoms with E-state index < -0.39 is 9.84 Å². The fourth-order valence-electron chi connectivity index (χ4n) is 4.68. The first-order chi connectivity index (χ1) is 18.2. The Hall–Kier alpha value is -3.63. The maximum absolute atomic E-state index is 12.9. The van der Waals surface area contributed by atoms with Crippen LogP contribution in [0.5, 0.6) is 0 Å². The van der Waals surface area contributed by atoms with Crippen LogP contribution in [0.15, 0.2) is 65.7 Å². The molecule has 0 bridgehead atoms. The normalized spacial score (nSPS) is 14.3. The first-order valence-corrected chi connectivity index (χ1v) is 14.4. The molecule has 5 rings (SSSR count). The second-order valence-electron chi connectivity index (χ2n) is 9.34. The van der Waals surface area contributed by atoms with E-state index in [0.29, 0.717) is 37.7 Å². The highest BCUT2D eigenvalue weighted by molar-refractivity contribution is 7.91. The van der Waals surface area contributed by atoms with E-state index in [-0.39, 0.29) is 28.9 Å². The molecule has 38 heavy (non-hydrogen) atoms. The third-order valence-electron chi connectivity index (χ3n) is 6.71. The van der Waals surface area contributed by atoms with Crippen molar-refractivity contribution >= 4 is 55.5 Å². The number of fused-ring (bicyclic) bond motifs is 2. The second-order valence-corrected chi connectivity index (χ2v) is 11.9. The number of pyridine rings is 1. The number of benzene rings is 2. The molecule has 0 aliphatic carbocycles. The Balaban J connectivity index is 1.19. The lowest BCUT2D eigenvalue weighted by atomic mass is 10.1. The lowest BCUT2D eigenvalue weighted by Gasteiger charge is -2.36. The van der Waals surface area contributed by atoms with Crippen molar-refractivity contribution in [1.29, 1.82) is 0 Å². The lowest BCUT2D eigenvalue weighted by molar-refractivity contribution is -0.131. The van der Waals surface area contributed by atoms with E-state index >= 15 is 0 Å². The topological polar surface area (TPSA) is 104 Å². The molecule has 1 aliphatic rings. The van der Waals surface area contributed by atoms with Crippen molar-refractivity contribution in [3.63, 3.8) is 0 Å². The molecule has 0 spiro atoms. The first-order valence-electron chi connectivity index (χ1n) is 12.4. The van der Waals surface area contributed by atoms with Gasteiger partial charge in [0.1, 0.15) is 11.5 Å². The third-order valence-corrected chi connectivity index (χ3v) is 8.66. The number of carbonyl (C=O) groups excluding carboxylic acids is 2. The van der Waals surface area contributed by atoms with Gasteiger partial charge in [0, 0.05) is 50.7 Å². The summed E-state index contributed by atoms with van der Waals surface area (Å²) < 4.78 is 27.9. The van der Waals surface area contributed by atoms with Crippen molar-refractivity contribution in [1.82, 2.24) is 19.6 Å². The molecule has 198 valence electrons. The number of aromatic nitrogens is 2. The van der Waals surface area contributed by atoms with Crippen LogP contribution in [-0.2, 0) is 26.0 Å². The van der Waals surface area contributed by atoms with Crippen LogP contribution in [0.4, 0.5) is 5.82 Å². The molecule has 2 aromatic heterocycles. The minimum Gasteiger partial charge on any atom is -0.354 e. The number of nitrogens with zero attached hydrogens (tertiary/aromatic N) is 4. The summed E-state index contributed by atoms with van der Waals surface area (Å²) in [6.07, 6.45) is 1.84. The Morgan fingerprint density at radius 3 is 2.50 bits per heavy atom. The number of imidazole rings is 1. The van der Waals surface area contributed by atoms with Crippen molar-refractivity contribution < 1.29 is 18.0 Å². The van der Waals surface area contributed by atoms with E-state index in [0.717, 1.165) is 27.9 Å². The zero-order valence-electron chi connectivity index (χ0n) is 20.9. The minimum absolute atomic E-state index is 0.0649. The SMILES string of the molecule is CC(=O)NCc1cn2c(N3CCN(C(=O)CCS(=O)(=O)c4ccc5cc(Cl)ccc5c4)CC3)cccc2n1. The van der Waals surface area contributed by atoms with Gasteiger partial charge in [-0.05, 0) is 47.2 Å². The van der Waals surface area contributed by atoms with Gasteiger partial charge in [0.2, 0.25) is 11.8 Å². The Bertz CT molecular complexity index is 1630. The molecular weight excluding hydrogens is 526 g/mol. The van der Waals surface area contributed by atoms with Crippen LogP contribution in [0, 0.1) is 0 Å². The van der Waals surface area contributed by atoms with Gasteiger partial charge in [-0.15, -0.1) is 0 Å². The maximum Gasteiger partial charge on any atom is 0.223 e. The van der Waals surface area contributed by atoms with Crippen LogP contribution in [0.2, 0.25) is 5.02 Å². The number of hydrogen-bond acceptors (Lipinski definition) is 6. The molecule has 1 fully saturated rings. The predicted octanol–water partition coefficient (Wildman–Crippen LogP) is 3.29. The molecule has 0 unspecified atom stereocenters. The Kier molecular flexibility index (Phi) is 7.27. The molecule has 0 saturated carbocycles. The van der Waals surface area contributed by atoms with Crippen molar-refractivity contribution in [2.24, 2.45) is 0 Å². The molecule has 1 saturated heterocycles. The van der Waals surface area contributed by atoms with Crippen LogP contribution in [0.25, 0.3) is 16.4 Å². The van der Waals surface area contributed by atoms with Crippen LogP contribution >= 0.6 is 11.6 Å². The Morgan fingerprint density at radius 1 is 1.00 bits per heavy atom. The summed E-state index contributed by atoms with van der Waals surface area (Å²) in [7, 11) is -3.61. The lowest BCUT2D eigenvalue weighted by Crippen LogP contribution is -2.49. The van der Waals surface area contributed by atoms with Gasteiger partial charge in [-0.25, -0.2) is 13.4 Å². The Labute approximate surface area is 225 Å². The number of carbonyl (C=O) groups is 2. The number of amides is 2. The highest BCUT2D eigenvalue weighted by atomic mass is 35.5. The number of halogens is 1. The van der Waals surface area contributed by atoms with E-state index in [1.54, 1.807) is 41.3 Å². The van der Waals surface area contributed by atoms with Crippen molar-refractivity contribution in [3.05, 3.63) is 71.5 Å². The predicted molar refractivity (Wildman–Crippen MR) is 147 cm³/mol. The zero-order valence-corrected chi connectivity index (χ0v) is 22.5. The number of rotatable bonds is 7. The summed E-state index contributed by atoms with van der Waals surface area (Å²) in [6.45, 7) is 4.06. The van der Waals surface area contributed by atoms with Gasteiger partial charge in [-0.1, -0.05) is 29.8 Å². The molecule has 1 N–H and O–H groups in total. The van der Waals surface area contributed by atoms with Gasteiger partial charge in [0.25, 0.3) is 0 Å². The van der Waals surface area contributed by atoms with Crippen molar-refractivity contribution in [3.8, 4) is 0 Å². The molecule has 0 radical (unpaired) electrons. The van der Waals surface area contributed by atoms with E-state index in [1.165, 1.54) is 6.92 Å². The summed E-state index contributed by atoms with van der Waals surface area (Å²) in [5, 5.41) is 5.00. The molecule has 3 heterocycles. The summed E-state index contributed by atoms with van der Waals surface area (Å²) in [4.78, 5) is 32.8. The highest BCUT2D eigenvalue weighted by Crippen LogP contribution is 2.24. The minimum atomic E-state index is -3.61. The van der Waals surface area contributed by atoms with Crippen LogP contribution in [0.3, 0.4) is 0 Å². The Morgan fingerprint density at radius 2 is 1.74 bits per heavy atom. The van der Waals surface area contributed by atoms with E-state index in [9.17, 15) is 18.0 Å². The first kappa shape index (κ1) is 26.0. The van der Waals surface area contributed by atoms with Gasteiger partial charge in [0.05, 0.1) is 22.9 Å². The average molecular weight is 554 g/mol. The largest absolute Gasteiger partial charge is 0.354 e. The van der Waals surface area contributed by atoms with Gasteiger partial charge >= 0.3 is 0 Å². The molecule has 4 aromatic rings. The highest BCUT2D eigenvalue weighted by Gasteiger charge is 2.25. The fraction of sp³-hybridized carbons (Fsp3) is 0.296. The van der Waals surface area contributed by atoms with Gasteiger partial charge < -0.3 is 15.1 Å². The van der Waals surface area contributed by atoms with Crippen molar-refractivity contribution in [2.75, 3.05) is 36.8 Å².